The molecule has 0 heterocycles. The van der Waals surface area contributed by atoms with Crippen LogP contribution in [0.3, 0.4) is 0 Å². The van der Waals surface area contributed by atoms with Gasteiger partial charge in [0.25, 0.3) is 0 Å². The second-order valence-electron chi connectivity index (χ2n) is 4.66. The van der Waals surface area contributed by atoms with Crippen LogP contribution in [0.15, 0.2) is 18.2 Å². The fourth-order valence-electron chi connectivity index (χ4n) is 1.72. The number of carboxylic acid groups (broad SMARTS) is 1. The summed E-state index contributed by atoms with van der Waals surface area (Å²) in [6, 6.07) is 2.43. The largest absolute Gasteiger partial charge is 0.478 e. The van der Waals surface area contributed by atoms with Gasteiger partial charge in [0.1, 0.15) is 5.54 Å². The number of nitrogens with one attached hydrogen (secondary N) is 2. The minimum Gasteiger partial charge on any atom is -0.478 e. The molecular weight excluding hydrogens is 313 g/mol. The van der Waals surface area contributed by atoms with Gasteiger partial charge in [-0.05, 0) is 31.0 Å². The maximum atomic E-state index is 12.7. The van der Waals surface area contributed by atoms with Crippen molar-refractivity contribution >= 4 is 29.3 Å². The summed E-state index contributed by atoms with van der Waals surface area (Å²) in [6.45, 7) is 0. The Morgan fingerprint density at radius 3 is 2.33 bits per heavy atom. The normalized spacial score (nSPS) is 16.2. The molecule has 0 unspecified atom stereocenters. The highest BCUT2D eigenvalue weighted by atomic mass is 35.5. The maximum Gasteiger partial charge on any atom is 0.411 e. The molecule has 1 fully saturated rings. The van der Waals surface area contributed by atoms with Crippen LogP contribution >= 0.6 is 11.6 Å². The fourth-order valence-corrected chi connectivity index (χ4v) is 1.95. The predicted molar refractivity (Wildman–Crippen MR) is 68.6 cm³/mol. The number of carboxylic acids is 1. The first-order valence-corrected chi connectivity index (χ1v) is 6.21. The van der Waals surface area contributed by atoms with E-state index in [-0.39, 0.29) is 29.1 Å². The molecule has 5 nitrogen and oxygen atoms in total. The van der Waals surface area contributed by atoms with Crippen molar-refractivity contribution in [2.45, 2.75) is 24.6 Å². The molecule has 1 aromatic rings. The minimum absolute atomic E-state index is 0.0251. The molecule has 0 saturated heterocycles. The molecule has 1 aliphatic rings. The maximum absolute atomic E-state index is 12.7. The summed E-state index contributed by atoms with van der Waals surface area (Å²) in [5.74, 6) is -1.21. The number of benzene rings is 1. The second-order valence-corrected chi connectivity index (χ2v) is 5.07. The summed E-state index contributed by atoms with van der Waals surface area (Å²) in [5, 5.41) is 12.7. The Kier molecular flexibility index (Phi) is 3.75. The molecule has 2 amide bonds. The van der Waals surface area contributed by atoms with E-state index >= 15 is 0 Å². The van der Waals surface area contributed by atoms with Gasteiger partial charge in [0, 0.05) is 0 Å². The Bertz CT molecular complexity index is 600. The predicted octanol–water partition coefficient (Wildman–Crippen LogP) is 3.25. The van der Waals surface area contributed by atoms with Crippen molar-refractivity contribution in [2.75, 3.05) is 5.32 Å². The molecule has 9 heteroatoms. The second kappa shape index (κ2) is 5.10. The molecular formula is C12H10ClF3N2O3. The Labute approximate surface area is 122 Å². The lowest BCUT2D eigenvalue weighted by Crippen LogP contribution is -2.49. The zero-order chi connectivity index (χ0) is 15.8. The van der Waals surface area contributed by atoms with Gasteiger partial charge in [-0.1, -0.05) is 11.6 Å². The Morgan fingerprint density at radius 1 is 1.29 bits per heavy atom. The van der Waals surface area contributed by atoms with Crippen LogP contribution in [0.25, 0.3) is 0 Å². The van der Waals surface area contributed by atoms with Crippen molar-refractivity contribution < 1.29 is 27.9 Å². The molecule has 2 rings (SSSR count). The minimum atomic E-state index is -4.51. The first-order chi connectivity index (χ1) is 9.64. The Balaban J connectivity index is 2.06. The van der Waals surface area contributed by atoms with Crippen LogP contribution in [0.5, 0.6) is 0 Å². The van der Waals surface area contributed by atoms with Crippen molar-refractivity contribution in [1.82, 2.24) is 5.32 Å². The van der Waals surface area contributed by atoms with Gasteiger partial charge in [-0.3, -0.25) is 0 Å². The van der Waals surface area contributed by atoms with E-state index in [1.165, 1.54) is 12.1 Å². The lowest BCUT2D eigenvalue weighted by Gasteiger charge is -2.21. The summed E-state index contributed by atoms with van der Waals surface area (Å²) in [7, 11) is 0. The number of alkyl halides is 3. The third-order valence-electron chi connectivity index (χ3n) is 3.11. The van der Waals surface area contributed by atoms with Crippen LogP contribution < -0.4 is 10.6 Å². The van der Waals surface area contributed by atoms with E-state index < -0.39 is 23.7 Å². The monoisotopic (exact) mass is 322 g/mol. The van der Waals surface area contributed by atoms with Crippen LogP contribution in [0.1, 0.15) is 23.2 Å². The number of anilines is 1. The zero-order valence-electron chi connectivity index (χ0n) is 10.4. The van der Waals surface area contributed by atoms with E-state index in [0.717, 1.165) is 6.07 Å². The molecule has 114 valence electrons. The quantitative estimate of drug-likeness (QED) is 0.799. The van der Waals surface area contributed by atoms with Crippen molar-refractivity contribution in [2.24, 2.45) is 0 Å². The van der Waals surface area contributed by atoms with E-state index in [9.17, 15) is 22.8 Å². The Morgan fingerprint density at radius 2 is 1.90 bits per heavy atom. The van der Waals surface area contributed by atoms with Crippen LogP contribution in [0, 0.1) is 0 Å². The standard InChI is InChI=1S/C12H10ClF3N2O3/c13-7-5-6(9(19)20)1-2-8(7)17-10(21)18-11(3-4-11)12(14,15)16/h1-2,5H,3-4H2,(H,19,20)(H2,17,18,21). The third-order valence-corrected chi connectivity index (χ3v) is 3.42. The van der Waals surface area contributed by atoms with Crippen molar-refractivity contribution in [1.29, 1.82) is 0 Å². The smallest absolute Gasteiger partial charge is 0.411 e. The lowest BCUT2D eigenvalue weighted by atomic mass is 10.2. The van der Waals surface area contributed by atoms with Gasteiger partial charge in [-0.25, -0.2) is 9.59 Å². The molecule has 1 saturated carbocycles. The molecule has 1 aromatic carbocycles. The fraction of sp³-hybridized carbons (Fsp3) is 0.333. The van der Waals surface area contributed by atoms with Gasteiger partial charge in [-0.15, -0.1) is 0 Å². The van der Waals surface area contributed by atoms with Crippen LogP contribution in [-0.4, -0.2) is 28.8 Å². The SMILES string of the molecule is O=C(Nc1ccc(C(=O)O)cc1Cl)NC1(C(F)(F)F)CC1. The highest BCUT2D eigenvalue weighted by molar-refractivity contribution is 6.34. The lowest BCUT2D eigenvalue weighted by molar-refractivity contribution is -0.162. The number of aromatic carboxylic acids is 1. The van der Waals surface area contributed by atoms with Gasteiger partial charge in [0.05, 0.1) is 16.3 Å². The molecule has 3 N–H and O–H groups in total. The number of carbonyl (C=O) groups is 2. The number of carbonyl (C=O) groups excluding carboxylic acids is 1. The summed E-state index contributed by atoms with van der Waals surface area (Å²) in [5.41, 5.74) is -2.25. The van der Waals surface area contributed by atoms with Crippen LogP contribution in [0.4, 0.5) is 23.7 Å². The highest BCUT2D eigenvalue weighted by Crippen LogP contribution is 2.48. The summed E-state index contributed by atoms with van der Waals surface area (Å²) in [4.78, 5) is 22.3. The van der Waals surface area contributed by atoms with Crippen molar-refractivity contribution in [3.8, 4) is 0 Å². The average Bonchev–Trinajstić information content (AvgIpc) is 3.11. The zero-order valence-corrected chi connectivity index (χ0v) is 11.2. The molecule has 21 heavy (non-hydrogen) atoms. The van der Waals surface area contributed by atoms with E-state index in [2.05, 4.69) is 5.32 Å². The molecule has 0 atom stereocenters. The van der Waals surface area contributed by atoms with Crippen molar-refractivity contribution in [3.63, 3.8) is 0 Å². The Hall–Kier alpha value is -1.96. The molecule has 0 bridgehead atoms. The topological polar surface area (TPSA) is 78.4 Å². The van der Waals surface area contributed by atoms with Gasteiger partial charge >= 0.3 is 18.2 Å². The molecule has 0 spiro atoms. The number of hydrogen-bond acceptors (Lipinski definition) is 2. The van der Waals surface area contributed by atoms with E-state index in [1.807, 2.05) is 5.32 Å². The number of urea groups is 1. The van der Waals surface area contributed by atoms with E-state index in [0.29, 0.717) is 0 Å². The summed E-state index contributed by atoms with van der Waals surface area (Å²) in [6.07, 6.45) is -4.85. The molecule has 0 aliphatic heterocycles. The number of rotatable bonds is 3. The van der Waals surface area contributed by atoms with Gasteiger partial charge < -0.3 is 15.7 Å². The average molecular weight is 323 g/mol. The number of halogens is 4. The van der Waals surface area contributed by atoms with Crippen LogP contribution in [0.2, 0.25) is 5.02 Å². The summed E-state index contributed by atoms with van der Waals surface area (Å²) >= 11 is 5.77. The number of amides is 2. The number of hydrogen-bond donors (Lipinski definition) is 3. The van der Waals surface area contributed by atoms with E-state index in [4.69, 9.17) is 16.7 Å². The first-order valence-electron chi connectivity index (χ1n) is 5.83. The molecule has 0 radical (unpaired) electrons. The molecule has 0 aromatic heterocycles. The summed E-state index contributed by atoms with van der Waals surface area (Å²) < 4.78 is 38.0. The van der Waals surface area contributed by atoms with Gasteiger partial charge in [-0.2, -0.15) is 13.2 Å². The van der Waals surface area contributed by atoms with E-state index in [1.54, 1.807) is 0 Å². The molecule has 1 aliphatic carbocycles. The van der Waals surface area contributed by atoms with Crippen LogP contribution in [-0.2, 0) is 0 Å². The van der Waals surface area contributed by atoms with Gasteiger partial charge in [0.2, 0.25) is 0 Å². The highest BCUT2D eigenvalue weighted by Gasteiger charge is 2.64. The van der Waals surface area contributed by atoms with Crippen molar-refractivity contribution in [3.05, 3.63) is 28.8 Å². The third kappa shape index (κ3) is 3.21. The van der Waals surface area contributed by atoms with Gasteiger partial charge in [0.15, 0.2) is 0 Å². The first kappa shape index (κ1) is 15.4.